The van der Waals surface area contributed by atoms with Gasteiger partial charge in [0.1, 0.15) is 12.4 Å². The standard InChI is InChI=1S/C13H15BrO4/c1-9(17-2)8-18-12-5-4-11(14)7-10(12)3-6-13(15)16/h3-7,9H,8H2,1-2H3,(H,15,16)/b6-3+. The van der Waals surface area contributed by atoms with E-state index < -0.39 is 5.97 Å². The Morgan fingerprint density at radius 1 is 1.56 bits per heavy atom. The van der Waals surface area contributed by atoms with Crippen molar-refractivity contribution in [3.8, 4) is 5.75 Å². The normalized spacial score (nSPS) is 12.6. The van der Waals surface area contributed by atoms with Crippen molar-refractivity contribution in [3.05, 3.63) is 34.3 Å². The van der Waals surface area contributed by atoms with Gasteiger partial charge in [-0.3, -0.25) is 0 Å². The van der Waals surface area contributed by atoms with Crippen molar-refractivity contribution in [2.45, 2.75) is 13.0 Å². The summed E-state index contributed by atoms with van der Waals surface area (Å²) in [6.07, 6.45) is 2.55. The van der Waals surface area contributed by atoms with E-state index in [1.807, 2.05) is 13.0 Å². The molecular weight excluding hydrogens is 300 g/mol. The Balaban J connectivity index is 2.86. The van der Waals surface area contributed by atoms with Crippen LogP contribution < -0.4 is 4.74 Å². The van der Waals surface area contributed by atoms with Gasteiger partial charge in [-0.05, 0) is 31.2 Å². The quantitative estimate of drug-likeness (QED) is 0.820. The summed E-state index contributed by atoms with van der Waals surface area (Å²) in [6, 6.07) is 5.42. The van der Waals surface area contributed by atoms with E-state index in [2.05, 4.69) is 15.9 Å². The molecule has 0 aliphatic heterocycles. The molecule has 5 heteroatoms. The van der Waals surface area contributed by atoms with Crippen LogP contribution in [-0.2, 0) is 9.53 Å². The van der Waals surface area contributed by atoms with Crippen molar-refractivity contribution in [3.63, 3.8) is 0 Å². The van der Waals surface area contributed by atoms with Crippen LogP contribution in [0.2, 0.25) is 0 Å². The van der Waals surface area contributed by atoms with Gasteiger partial charge in [-0.2, -0.15) is 0 Å². The first kappa shape index (κ1) is 14.7. The first-order valence-corrected chi connectivity index (χ1v) is 6.18. The third kappa shape index (κ3) is 4.89. The molecule has 0 radical (unpaired) electrons. The van der Waals surface area contributed by atoms with Gasteiger partial charge in [0, 0.05) is 23.2 Å². The van der Waals surface area contributed by atoms with E-state index in [0.717, 1.165) is 10.5 Å². The molecule has 0 aromatic heterocycles. The smallest absolute Gasteiger partial charge is 0.328 e. The molecule has 18 heavy (non-hydrogen) atoms. The van der Waals surface area contributed by atoms with E-state index in [9.17, 15) is 4.79 Å². The minimum Gasteiger partial charge on any atom is -0.490 e. The van der Waals surface area contributed by atoms with E-state index >= 15 is 0 Å². The average molecular weight is 315 g/mol. The van der Waals surface area contributed by atoms with Gasteiger partial charge in [-0.15, -0.1) is 0 Å². The van der Waals surface area contributed by atoms with Crippen LogP contribution in [-0.4, -0.2) is 30.9 Å². The molecule has 1 atom stereocenters. The predicted molar refractivity (Wildman–Crippen MR) is 72.8 cm³/mol. The van der Waals surface area contributed by atoms with E-state index in [4.69, 9.17) is 14.6 Å². The monoisotopic (exact) mass is 314 g/mol. The molecule has 98 valence electrons. The van der Waals surface area contributed by atoms with Crippen LogP contribution in [0.25, 0.3) is 6.08 Å². The van der Waals surface area contributed by atoms with Gasteiger partial charge >= 0.3 is 5.97 Å². The Bertz CT molecular complexity index is 443. The average Bonchev–Trinajstić information content (AvgIpc) is 2.34. The minimum atomic E-state index is -0.994. The van der Waals surface area contributed by atoms with Gasteiger partial charge in [0.25, 0.3) is 0 Å². The summed E-state index contributed by atoms with van der Waals surface area (Å²) in [4.78, 5) is 10.5. The second kappa shape index (κ2) is 7.18. The Morgan fingerprint density at radius 2 is 2.28 bits per heavy atom. The highest BCUT2D eigenvalue weighted by molar-refractivity contribution is 9.10. The molecule has 1 unspecified atom stereocenters. The summed E-state index contributed by atoms with van der Waals surface area (Å²) in [5.74, 6) is -0.370. The van der Waals surface area contributed by atoms with Gasteiger partial charge < -0.3 is 14.6 Å². The van der Waals surface area contributed by atoms with Gasteiger partial charge in [0.15, 0.2) is 0 Å². The number of halogens is 1. The van der Waals surface area contributed by atoms with Crippen LogP contribution in [0.3, 0.4) is 0 Å². The van der Waals surface area contributed by atoms with Crippen LogP contribution in [0.5, 0.6) is 5.75 Å². The van der Waals surface area contributed by atoms with E-state index in [1.165, 1.54) is 6.08 Å². The first-order chi connectivity index (χ1) is 8.52. The number of ether oxygens (including phenoxy) is 2. The molecule has 1 N–H and O–H groups in total. The lowest BCUT2D eigenvalue weighted by molar-refractivity contribution is -0.131. The molecule has 0 saturated carbocycles. The number of hydrogen-bond acceptors (Lipinski definition) is 3. The van der Waals surface area contributed by atoms with Gasteiger partial charge in [-0.1, -0.05) is 15.9 Å². The highest BCUT2D eigenvalue weighted by Crippen LogP contribution is 2.24. The maximum atomic E-state index is 10.5. The summed E-state index contributed by atoms with van der Waals surface area (Å²) >= 11 is 3.34. The highest BCUT2D eigenvalue weighted by atomic mass is 79.9. The van der Waals surface area contributed by atoms with Gasteiger partial charge in [0.2, 0.25) is 0 Å². The fraction of sp³-hybridized carbons (Fsp3) is 0.308. The summed E-state index contributed by atoms with van der Waals surface area (Å²) in [5.41, 5.74) is 0.704. The molecule has 0 fully saturated rings. The number of methoxy groups -OCH3 is 1. The third-order valence-corrected chi connectivity index (χ3v) is 2.75. The SMILES string of the molecule is COC(C)COc1ccc(Br)cc1/C=C/C(=O)O. The fourth-order valence-corrected chi connectivity index (χ4v) is 1.60. The second-order valence-corrected chi connectivity index (χ2v) is 4.63. The Labute approximate surface area is 114 Å². The lowest BCUT2D eigenvalue weighted by Gasteiger charge is -2.13. The fourth-order valence-electron chi connectivity index (χ4n) is 1.22. The highest BCUT2D eigenvalue weighted by Gasteiger charge is 2.05. The maximum Gasteiger partial charge on any atom is 0.328 e. The second-order valence-electron chi connectivity index (χ2n) is 3.71. The summed E-state index contributed by atoms with van der Waals surface area (Å²) in [7, 11) is 1.61. The van der Waals surface area contributed by atoms with Gasteiger partial charge in [-0.25, -0.2) is 4.79 Å². The van der Waals surface area contributed by atoms with Crippen LogP contribution in [0.1, 0.15) is 12.5 Å². The van der Waals surface area contributed by atoms with Crippen molar-refractivity contribution in [1.82, 2.24) is 0 Å². The van der Waals surface area contributed by atoms with Crippen LogP contribution >= 0.6 is 15.9 Å². The summed E-state index contributed by atoms with van der Waals surface area (Å²) < 4.78 is 11.5. The molecule has 0 spiro atoms. The first-order valence-electron chi connectivity index (χ1n) is 5.39. The van der Waals surface area contributed by atoms with E-state index in [1.54, 1.807) is 19.2 Å². The number of carbonyl (C=O) groups is 1. The molecule has 1 aromatic carbocycles. The van der Waals surface area contributed by atoms with Gasteiger partial charge in [0.05, 0.1) is 6.10 Å². The number of benzene rings is 1. The lowest BCUT2D eigenvalue weighted by Crippen LogP contribution is -2.16. The molecule has 1 rings (SSSR count). The van der Waals surface area contributed by atoms with Crippen molar-refractivity contribution >= 4 is 28.0 Å². The molecule has 4 nitrogen and oxygen atoms in total. The van der Waals surface area contributed by atoms with E-state index in [0.29, 0.717) is 17.9 Å². The number of carboxylic acids is 1. The molecule has 0 aliphatic carbocycles. The number of aliphatic carboxylic acids is 1. The molecule has 0 saturated heterocycles. The summed E-state index contributed by atoms with van der Waals surface area (Å²) in [6.45, 7) is 2.30. The molecule has 0 amide bonds. The predicted octanol–water partition coefficient (Wildman–Crippen LogP) is 2.96. The Morgan fingerprint density at radius 3 is 2.89 bits per heavy atom. The third-order valence-electron chi connectivity index (χ3n) is 2.25. The van der Waals surface area contributed by atoms with Crippen molar-refractivity contribution < 1.29 is 19.4 Å². The largest absolute Gasteiger partial charge is 0.490 e. The molecular formula is C13H15BrO4. The van der Waals surface area contributed by atoms with Crippen LogP contribution in [0, 0.1) is 0 Å². The zero-order valence-electron chi connectivity index (χ0n) is 10.2. The lowest BCUT2D eigenvalue weighted by atomic mass is 10.2. The number of carboxylic acid groups (broad SMARTS) is 1. The molecule has 0 aliphatic rings. The van der Waals surface area contributed by atoms with E-state index in [-0.39, 0.29) is 6.10 Å². The van der Waals surface area contributed by atoms with Crippen molar-refractivity contribution in [1.29, 1.82) is 0 Å². The molecule has 0 heterocycles. The number of rotatable bonds is 6. The summed E-state index contributed by atoms with van der Waals surface area (Å²) in [5, 5.41) is 8.63. The van der Waals surface area contributed by atoms with Crippen LogP contribution in [0.15, 0.2) is 28.7 Å². The zero-order valence-corrected chi connectivity index (χ0v) is 11.8. The Kier molecular flexibility index (Phi) is 5.88. The number of hydrogen-bond donors (Lipinski definition) is 1. The zero-order chi connectivity index (χ0) is 13.5. The Hall–Kier alpha value is -1.33. The molecule has 0 bridgehead atoms. The minimum absolute atomic E-state index is 0.0232. The van der Waals surface area contributed by atoms with Crippen molar-refractivity contribution in [2.24, 2.45) is 0 Å². The topological polar surface area (TPSA) is 55.8 Å². The maximum absolute atomic E-state index is 10.5. The molecule has 1 aromatic rings. The van der Waals surface area contributed by atoms with Crippen molar-refractivity contribution in [2.75, 3.05) is 13.7 Å². The van der Waals surface area contributed by atoms with Crippen LogP contribution in [0.4, 0.5) is 0 Å².